The van der Waals surface area contributed by atoms with Crippen molar-refractivity contribution in [2.24, 2.45) is 5.92 Å². The highest BCUT2D eigenvalue weighted by Gasteiger charge is 2.44. The van der Waals surface area contributed by atoms with Crippen LogP contribution in [0, 0.1) is 5.92 Å². The Bertz CT molecular complexity index is 776. The third-order valence-corrected chi connectivity index (χ3v) is 6.52. The zero-order valence-corrected chi connectivity index (χ0v) is 17.4. The number of benzene rings is 1. The molecule has 2 saturated heterocycles. The molecule has 8 nitrogen and oxygen atoms in total. The SMILES string of the molecule is COc1ccc(OCCN2CC(C)C3CCCC(C2=O)N3[SH](=O)=O)cc1OC. The number of carbonyl (C=O) groups excluding carboxylic acids is 1. The van der Waals surface area contributed by atoms with Gasteiger partial charge in [-0.1, -0.05) is 6.92 Å². The van der Waals surface area contributed by atoms with Crippen LogP contribution in [0.25, 0.3) is 0 Å². The van der Waals surface area contributed by atoms with Gasteiger partial charge in [-0.2, -0.15) is 4.31 Å². The van der Waals surface area contributed by atoms with Crippen LogP contribution < -0.4 is 14.2 Å². The molecule has 3 rings (SSSR count). The van der Waals surface area contributed by atoms with E-state index < -0.39 is 16.9 Å². The molecule has 28 heavy (non-hydrogen) atoms. The van der Waals surface area contributed by atoms with Gasteiger partial charge < -0.3 is 19.1 Å². The Morgan fingerprint density at radius 3 is 2.57 bits per heavy atom. The topological polar surface area (TPSA) is 85.4 Å². The molecule has 1 aromatic rings. The maximum Gasteiger partial charge on any atom is 0.241 e. The summed E-state index contributed by atoms with van der Waals surface area (Å²) in [5, 5.41) is 0. The van der Waals surface area contributed by atoms with Crippen LogP contribution in [0.2, 0.25) is 0 Å². The molecule has 0 saturated carbocycles. The van der Waals surface area contributed by atoms with Crippen LogP contribution in [0.4, 0.5) is 0 Å². The summed E-state index contributed by atoms with van der Waals surface area (Å²) in [5.41, 5.74) is 0. The number of fused-ring (bicyclic) bond motifs is 2. The Kier molecular flexibility index (Phi) is 6.66. The first-order valence-electron chi connectivity index (χ1n) is 9.52. The number of piperidine rings is 1. The molecule has 1 amide bonds. The van der Waals surface area contributed by atoms with Crippen molar-refractivity contribution in [1.29, 1.82) is 0 Å². The van der Waals surface area contributed by atoms with E-state index in [-0.39, 0.29) is 17.9 Å². The fourth-order valence-electron chi connectivity index (χ4n) is 4.18. The molecule has 0 aliphatic carbocycles. The third kappa shape index (κ3) is 4.20. The van der Waals surface area contributed by atoms with Crippen molar-refractivity contribution in [3.05, 3.63) is 18.2 Å². The van der Waals surface area contributed by atoms with Crippen molar-refractivity contribution in [1.82, 2.24) is 9.21 Å². The van der Waals surface area contributed by atoms with E-state index in [9.17, 15) is 13.2 Å². The summed E-state index contributed by atoms with van der Waals surface area (Å²) in [4.78, 5) is 14.7. The first-order valence-corrected chi connectivity index (χ1v) is 10.7. The summed E-state index contributed by atoms with van der Waals surface area (Å²) < 4.78 is 41.2. The van der Waals surface area contributed by atoms with E-state index in [1.54, 1.807) is 37.3 Å². The lowest BCUT2D eigenvalue weighted by atomic mass is 9.92. The van der Waals surface area contributed by atoms with Gasteiger partial charge in [0.25, 0.3) is 0 Å². The molecule has 1 aromatic carbocycles. The summed E-state index contributed by atoms with van der Waals surface area (Å²) in [6.07, 6.45) is 2.27. The van der Waals surface area contributed by atoms with Gasteiger partial charge in [0.1, 0.15) is 18.4 Å². The van der Waals surface area contributed by atoms with Crippen LogP contribution >= 0.6 is 0 Å². The van der Waals surface area contributed by atoms with Gasteiger partial charge in [0.15, 0.2) is 11.5 Å². The molecule has 2 aliphatic heterocycles. The standard InChI is InChI=1S/C19H28N2O6S/c1-13-12-20(19(22)16-6-4-5-15(13)21(16)28(23)24)9-10-27-14-7-8-17(25-2)18(11-14)26-3/h7-8,11,13,15-16,28H,4-6,9-10,12H2,1-3H3. The second-order valence-corrected chi connectivity index (χ2v) is 8.20. The summed E-state index contributed by atoms with van der Waals surface area (Å²) in [6.45, 7) is 3.27. The van der Waals surface area contributed by atoms with Crippen molar-refractivity contribution in [2.75, 3.05) is 33.9 Å². The van der Waals surface area contributed by atoms with Gasteiger partial charge in [0, 0.05) is 18.7 Å². The van der Waals surface area contributed by atoms with E-state index in [2.05, 4.69) is 0 Å². The molecule has 2 aliphatic rings. The number of amides is 1. The zero-order chi connectivity index (χ0) is 20.3. The lowest BCUT2D eigenvalue weighted by molar-refractivity contribution is -0.135. The molecule has 0 radical (unpaired) electrons. The summed E-state index contributed by atoms with van der Waals surface area (Å²) in [6, 6.07) is 4.61. The van der Waals surface area contributed by atoms with E-state index in [0.717, 1.165) is 12.8 Å². The number of thiol groups is 1. The average molecular weight is 413 g/mol. The maximum absolute atomic E-state index is 13.0. The second kappa shape index (κ2) is 9.00. The van der Waals surface area contributed by atoms with Gasteiger partial charge in [-0.25, -0.2) is 8.42 Å². The Morgan fingerprint density at radius 1 is 1.14 bits per heavy atom. The first-order chi connectivity index (χ1) is 13.5. The largest absolute Gasteiger partial charge is 0.493 e. The molecule has 156 valence electrons. The number of hydrogen-bond donors (Lipinski definition) is 1. The number of nitrogens with zero attached hydrogens (tertiary/aromatic N) is 2. The van der Waals surface area contributed by atoms with Gasteiger partial charge in [-0.15, -0.1) is 0 Å². The number of carbonyl (C=O) groups is 1. The van der Waals surface area contributed by atoms with Crippen molar-refractivity contribution in [3.63, 3.8) is 0 Å². The van der Waals surface area contributed by atoms with Crippen molar-refractivity contribution < 1.29 is 27.4 Å². The number of rotatable bonds is 7. The molecule has 0 aromatic heterocycles. The Morgan fingerprint density at radius 2 is 1.89 bits per heavy atom. The Hall–Kier alpha value is -2.00. The summed E-state index contributed by atoms with van der Waals surface area (Å²) in [7, 11) is 0.356. The smallest absolute Gasteiger partial charge is 0.241 e. The highest BCUT2D eigenvalue weighted by atomic mass is 32.2. The molecular weight excluding hydrogens is 384 g/mol. The second-order valence-electron chi connectivity index (χ2n) is 7.26. The van der Waals surface area contributed by atoms with Crippen molar-refractivity contribution in [2.45, 2.75) is 38.3 Å². The molecule has 2 fully saturated rings. The molecule has 2 bridgehead atoms. The lowest BCUT2D eigenvalue weighted by Crippen LogP contribution is -2.51. The Labute approximate surface area is 167 Å². The summed E-state index contributed by atoms with van der Waals surface area (Å²) in [5.74, 6) is 1.77. The molecular formula is C19H28N2O6S. The number of hydrogen-bond acceptors (Lipinski definition) is 6. The fraction of sp³-hybridized carbons (Fsp3) is 0.632. The Balaban J connectivity index is 1.67. The maximum atomic E-state index is 13.0. The predicted molar refractivity (Wildman–Crippen MR) is 104 cm³/mol. The monoisotopic (exact) mass is 412 g/mol. The van der Waals surface area contributed by atoms with Crippen LogP contribution in [-0.4, -0.2) is 69.5 Å². The van der Waals surface area contributed by atoms with Gasteiger partial charge >= 0.3 is 0 Å². The number of methoxy groups -OCH3 is 2. The minimum Gasteiger partial charge on any atom is -0.493 e. The fourth-order valence-corrected chi connectivity index (χ4v) is 5.21. The van der Waals surface area contributed by atoms with E-state index in [0.29, 0.717) is 43.4 Å². The highest BCUT2D eigenvalue weighted by Crippen LogP contribution is 2.33. The predicted octanol–water partition coefficient (Wildman–Crippen LogP) is 1.31. The molecule has 3 atom stereocenters. The van der Waals surface area contributed by atoms with Crippen LogP contribution in [0.1, 0.15) is 26.2 Å². The normalized spacial score (nSPS) is 25.5. The van der Waals surface area contributed by atoms with Crippen LogP contribution in [0.15, 0.2) is 18.2 Å². The van der Waals surface area contributed by atoms with Crippen molar-refractivity contribution >= 4 is 16.8 Å². The zero-order valence-electron chi connectivity index (χ0n) is 16.5. The van der Waals surface area contributed by atoms with E-state index >= 15 is 0 Å². The highest BCUT2D eigenvalue weighted by molar-refractivity contribution is 7.70. The van der Waals surface area contributed by atoms with Gasteiger partial charge in [-0.05, 0) is 37.3 Å². The molecule has 2 heterocycles. The number of ether oxygens (including phenoxy) is 3. The van der Waals surface area contributed by atoms with Crippen molar-refractivity contribution in [3.8, 4) is 17.2 Å². The van der Waals surface area contributed by atoms with Gasteiger partial charge in [0.2, 0.25) is 16.8 Å². The third-order valence-electron chi connectivity index (χ3n) is 5.57. The molecule has 3 unspecified atom stereocenters. The van der Waals surface area contributed by atoms with Crippen LogP contribution in [0.5, 0.6) is 17.2 Å². The van der Waals surface area contributed by atoms with Crippen LogP contribution in [-0.2, 0) is 15.7 Å². The van der Waals surface area contributed by atoms with E-state index in [4.69, 9.17) is 14.2 Å². The minimum atomic E-state index is -2.77. The molecule has 0 spiro atoms. The van der Waals surface area contributed by atoms with Gasteiger partial charge in [-0.3, -0.25) is 4.79 Å². The molecule has 9 heteroatoms. The van der Waals surface area contributed by atoms with Gasteiger partial charge in [0.05, 0.1) is 20.8 Å². The quantitative estimate of drug-likeness (QED) is 0.680. The minimum absolute atomic E-state index is 0.0863. The summed E-state index contributed by atoms with van der Waals surface area (Å²) >= 11 is 0. The molecule has 0 N–H and O–H groups in total. The average Bonchev–Trinajstić information content (AvgIpc) is 2.76. The van der Waals surface area contributed by atoms with E-state index in [1.807, 2.05) is 6.92 Å². The first kappa shape index (κ1) is 20.7. The van der Waals surface area contributed by atoms with E-state index in [1.165, 1.54) is 4.31 Å². The lowest BCUT2D eigenvalue weighted by Gasteiger charge is -2.36. The van der Waals surface area contributed by atoms with Crippen LogP contribution in [0.3, 0.4) is 0 Å².